The van der Waals surface area contributed by atoms with Gasteiger partial charge in [0.05, 0.1) is 52.4 Å². The number of nitrogens with one attached hydrogen (secondary N) is 1. The summed E-state index contributed by atoms with van der Waals surface area (Å²) in [5, 5.41) is 28.0. The maximum atomic E-state index is 15.5. The van der Waals surface area contributed by atoms with E-state index in [0.29, 0.717) is 55.2 Å². The minimum absolute atomic E-state index is 0.0481. The summed E-state index contributed by atoms with van der Waals surface area (Å²) in [5.74, 6) is -1.07. The molecule has 4 aromatic rings. The molecule has 11 heteroatoms. The molecule has 0 amide bonds. The average Bonchev–Trinajstić information content (AvgIpc) is 3.37. The highest BCUT2D eigenvalue weighted by molar-refractivity contribution is 5.66. The van der Waals surface area contributed by atoms with Gasteiger partial charge in [0.1, 0.15) is 11.6 Å². The lowest BCUT2D eigenvalue weighted by atomic mass is 9.74. The molecule has 1 saturated heterocycles. The first-order valence-corrected chi connectivity index (χ1v) is 13.8. The maximum absolute atomic E-state index is 15.5. The lowest BCUT2D eigenvalue weighted by Crippen LogP contribution is -2.44. The summed E-state index contributed by atoms with van der Waals surface area (Å²) in [4.78, 5) is 8.73. The number of anilines is 2. The monoisotopic (exact) mass is 559 g/mol. The van der Waals surface area contributed by atoms with Crippen molar-refractivity contribution >= 4 is 17.2 Å². The second-order valence-corrected chi connectivity index (χ2v) is 11.1. The van der Waals surface area contributed by atoms with Gasteiger partial charge in [0.25, 0.3) is 0 Å². The van der Waals surface area contributed by atoms with Crippen LogP contribution in [-0.2, 0) is 10.2 Å². The molecule has 0 radical (unpaired) electrons. The van der Waals surface area contributed by atoms with Gasteiger partial charge in [-0.05, 0) is 79.0 Å². The number of nitriles is 1. The summed E-state index contributed by atoms with van der Waals surface area (Å²) in [6, 6.07) is 9.57. The Hall–Kier alpha value is -3.98. The minimum Gasteiger partial charge on any atom is -0.391 e. The van der Waals surface area contributed by atoms with E-state index in [4.69, 9.17) is 10.5 Å². The largest absolute Gasteiger partial charge is 0.391 e. The Bertz CT molecular complexity index is 1590. The van der Waals surface area contributed by atoms with Crippen LogP contribution in [0.4, 0.5) is 20.4 Å². The van der Waals surface area contributed by atoms with E-state index >= 15 is 8.78 Å². The second-order valence-electron chi connectivity index (χ2n) is 11.1. The molecule has 1 aliphatic carbocycles. The molecule has 3 aromatic heterocycles. The zero-order valence-electron chi connectivity index (χ0n) is 22.6. The molecule has 41 heavy (non-hydrogen) atoms. The standard InChI is InChI=1S/C30H31F2N7O2/c1-17-10-18(11-24(34)28(17)40)21-4-7-35-15-26(21)37-29-36-14-20-2-3-25(38-39(20)29)27-22(31)12-19(13-23(27)32)30(16-33)5-8-41-9-6-30/h2-4,7,12-15,17-18,24,28,40H,5-6,8-11,34H2,1H3,(H,36,37)/t17-,18+,24+,28+/m0/s1. The van der Waals surface area contributed by atoms with Crippen molar-refractivity contribution in [1.29, 1.82) is 5.26 Å². The van der Waals surface area contributed by atoms with Crippen molar-refractivity contribution in [2.75, 3.05) is 18.5 Å². The molecule has 0 unspecified atom stereocenters. The van der Waals surface area contributed by atoms with Gasteiger partial charge in [0.2, 0.25) is 5.95 Å². The van der Waals surface area contributed by atoms with Crippen LogP contribution in [0.25, 0.3) is 16.8 Å². The molecular weight excluding hydrogens is 528 g/mol. The third kappa shape index (κ3) is 4.92. The number of ether oxygens (including phenoxy) is 1. The molecular formula is C30H31F2N7O2. The van der Waals surface area contributed by atoms with Gasteiger partial charge >= 0.3 is 0 Å². The Morgan fingerprint density at radius 3 is 2.61 bits per heavy atom. The van der Waals surface area contributed by atoms with Gasteiger partial charge in [0.15, 0.2) is 0 Å². The molecule has 4 atom stereocenters. The number of fused-ring (bicyclic) bond motifs is 1. The first-order chi connectivity index (χ1) is 19.8. The van der Waals surface area contributed by atoms with E-state index in [-0.39, 0.29) is 29.1 Å². The van der Waals surface area contributed by atoms with Crippen molar-refractivity contribution in [3.8, 4) is 17.3 Å². The molecule has 212 valence electrons. The van der Waals surface area contributed by atoms with Gasteiger partial charge in [-0.1, -0.05) is 6.92 Å². The van der Waals surface area contributed by atoms with Crippen molar-refractivity contribution in [3.63, 3.8) is 0 Å². The molecule has 0 spiro atoms. The lowest BCUT2D eigenvalue weighted by Gasteiger charge is -2.36. The molecule has 9 nitrogen and oxygen atoms in total. The lowest BCUT2D eigenvalue weighted by molar-refractivity contribution is 0.0521. The predicted octanol–water partition coefficient (Wildman–Crippen LogP) is 4.59. The van der Waals surface area contributed by atoms with Crippen LogP contribution in [0.5, 0.6) is 0 Å². The Labute approximate surface area is 236 Å². The van der Waals surface area contributed by atoms with Crippen LogP contribution >= 0.6 is 0 Å². The molecule has 1 aromatic carbocycles. The highest BCUT2D eigenvalue weighted by Gasteiger charge is 2.36. The van der Waals surface area contributed by atoms with Crippen LogP contribution in [-0.4, -0.2) is 50.0 Å². The van der Waals surface area contributed by atoms with Gasteiger partial charge in [0, 0.05) is 25.5 Å². The molecule has 1 aliphatic heterocycles. The molecule has 2 fully saturated rings. The highest BCUT2D eigenvalue weighted by Crippen LogP contribution is 2.40. The maximum Gasteiger partial charge on any atom is 0.229 e. The smallest absolute Gasteiger partial charge is 0.229 e. The van der Waals surface area contributed by atoms with Crippen LogP contribution in [0.3, 0.4) is 0 Å². The number of hydrogen-bond acceptors (Lipinski definition) is 8. The average molecular weight is 560 g/mol. The van der Waals surface area contributed by atoms with Crippen molar-refractivity contribution in [2.24, 2.45) is 11.7 Å². The van der Waals surface area contributed by atoms with Crippen molar-refractivity contribution in [3.05, 3.63) is 71.7 Å². The minimum atomic E-state index is -0.989. The summed E-state index contributed by atoms with van der Waals surface area (Å²) in [7, 11) is 0. The summed E-state index contributed by atoms with van der Waals surface area (Å²) < 4.78 is 37.8. The molecule has 4 N–H and O–H groups in total. The van der Waals surface area contributed by atoms with E-state index < -0.39 is 23.2 Å². The molecule has 0 bridgehead atoms. The fraction of sp³-hybridized carbons (Fsp3) is 0.400. The quantitative estimate of drug-likeness (QED) is 0.323. The summed E-state index contributed by atoms with van der Waals surface area (Å²) in [6.45, 7) is 2.72. The van der Waals surface area contributed by atoms with Crippen LogP contribution in [0.15, 0.2) is 48.9 Å². The molecule has 6 rings (SSSR count). The number of pyridine rings is 1. The second kappa shape index (κ2) is 10.8. The van der Waals surface area contributed by atoms with Crippen molar-refractivity contribution < 1.29 is 18.6 Å². The first kappa shape index (κ1) is 27.2. The summed E-state index contributed by atoms with van der Waals surface area (Å²) in [6.07, 6.45) is 6.63. The number of halogens is 2. The van der Waals surface area contributed by atoms with Crippen molar-refractivity contribution in [1.82, 2.24) is 19.6 Å². The number of hydrogen-bond donors (Lipinski definition) is 3. The topological polar surface area (TPSA) is 134 Å². The Morgan fingerprint density at radius 1 is 1.15 bits per heavy atom. The van der Waals surface area contributed by atoms with E-state index in [2.05, 4.69) is 26.5 Å². The number of rotatable bonds is 5. The van der Waals surface area contributed by atoms with E-state index in [9.17, 15) is 10.4 Å². The Kier molecular flexibility index (Phi) is 7.15. The van der Waals surface area contributed by atoms with Crippen LogP contribution in [0.2, 0.25) is 0 Å². The van der Waals surface area contributed by atoms with Gasteiger partial charge in [-0.25, -0.2) is 13.8 Å². The third-order valence-corrected chi connectivity index (χ3v) is 8.57. The number of nitrogens with two attached hydrogens (primary N) is 1. The Balaban J connectivity index is 1.34. The normalized spacial score (nSPS) is 24.2. The number of benzene rings is 1. The fourth-order valence-corrected chi connectivity index (χ4v) is 6.20. The Morgan fingerprint density at radius 2 is 1.90 bits per heavy atom. The first-order valence-electron chi connectivity index (χ1n) is 13.8. The van der Waals surface area contributed by atoms with E-state index in [1.54, 1.807) is 30.7 Å². The van der Waals surface area contributed by atoms with Crippen molar-refractivity contribution in [2.45, 2.75) is 56.1 Å². The van der Waals surface area contributed by atoms with Gasteiger partial charge < -0.3 is 20.9 Å². The van der Waals surface area contributed by atoms with Crippen LogP contribution in [0.1, 0.15) is 49.7 Å². The van der Waals surface area contributed by atoms with E-state index in [0.717, 1.165) is 12.0 Å². The fourth-order valence-electron chi connectivity index (χ4n) is 6.20. The molecule has 4 heterocycles. The number of aliphatic hydroxyl groups excluding tert-OH is 1. The third-order valence-electron chi connectivity index (χ3n) is 8.57. The number of nitrogens with zero attached hydrogens (tertiary/aromatic N) is 5. The highest BCUT2D eigenvalue weighted by atomic mass is 19.1. The van der Waals surface area contributed by atoms with Crippen LogP contribution in [0, 0.1) is 28.9 Å². The van der Waals surface area contributed by atoms with Gasteiger partial charge in [-0.3, -0.25) is 4.98 Å². The van der Waals surface area contributed by atoms with Gasteiger partial charge in [-0.2, -0.15) is 14.9 Å². The van der Waals surface area contributed by atoms with Crippen LogP contribution < -0.4 is 11.1 Å². The van der Waals surface area contributed by atoms with Gasteiger partial charge in [-0.15, -0.1) is 0 Å². The van der Waals surface area contributed by atoms with E-state index in [1.165, 1.54) is 16.6 Å². The summed E-state index contributed by atoms with van der Waals surface area (Å²) >= 11 is 0. The molecule has 1 saturated carbocycles. The SMILES string of the molecule is C[C@H]1C[C@@H](c2ccncc2Nc2ncc3ccc(-c4c(F)cc(C5(C#N)CCOCC5)cc4F)nn23)C[C@@H](N)[C@@H]1O. The number of aromatic nitrogens is 4. The zero-order valence-corrected chi connectivity index (χ0v) is 22.6. The molecule has 2 aliphatic rings. The predicted molar refractivity (Wildman–Crippen MR) is 148 cm³/mol. The number of imidazole rings is 1. The zero-order chi connectivity index (χ0) is 28.7. The summed E-state index contributed by atoms with van der Waals surface area (Å²) in [5.41, 5.74) is 7.69. The number of aliphatic hydroxyl groups is 1. The van der Waals surface area contributed by atoms with E-state index in [1.807, 2.05) is 13.0 Å².